The van der Waals surface area contributed by atoms with Gasteiger partial charge in [-0.1, -0.05) is 24.6 Å². The molecule has 0 N–H and O–H groups in total. The number of rotatable bonds is 3. The molecule has 0 radical (unpaired) electrons. The largest absolute Gasteiger partial charge is 0.423 e. The number of fused-ring (bicyclic) bond motifs is 1. The van der Waals surface area contributed by atoms with Crippen LogP contribution in [0.25, 0.3) is 0 Å². The van der Waals surface area contributed by atoms with E-state index in [1.807, 2.05) is 0 Å². The van der Waals surface area contributed by atoms with Gasteiger partial charge < -0.3 is 4.74 Å². The van der Waals surface area contributed by atoms with Crippen LogP contribution in [0.1, 0.15) is 36.5 Å². The lowest BCUT2D eigenvalue weighted by Crippen LogP contribution is -2.30. The van der Waals surface area contributed by atoms with Gasteiger partial charge in [-0.05, 0) is 61.6 Å². The van der Waals surface area contributed by atoms with Gasteiger partial charge in [-0.2, -0.15) is 0 Å². The Morgan fingerprint density at radius 3 is 2.50 bits per heavy atom. The monoisotopic (exact) mass is 397 g/mol. The third-order valence-corrected chi connectivity index (χ3v) is 5.81. The van der Waals surface area contributed by atoms with E-state index in [1.54, 1.807) is 48.5 Å². The van der Waals surface area contributed by atoms with Gasteiger partial charge in [0.05, 0.1) is 23.1 Å². The van der Waals surface area contributed by atoms with Crippen molar-refractivity contribution < 1.29 is 19.1 Å². The molecule has 1 heterocycles. The SMILES string of the molecule is C[C@H]1CC[C@@H]2C(=O)N(c3cccc(OC(=O)c4ccc(Cl)cc4)c3)C(=O)[C@@H]2C1. The number of nitrogens with zero attached hydrogens (tertiary/aromatic N) is 1. The number of amides is 2. The molecule has 28 heavy (non-hydrogen) atoms. The smallest absolute Gasteiger partial charge is 0.343 e. The van der Waals surface area contributed by atoms with E-state index in [0.29, 0.717) is 22.2 Å². The second kappa shape index (κ2) is 7.40. The summed E-state index contributed by atoms with van der Waals surface area (Å²) in [4.78, 5) is 39.3. The Labute approximate surface area is 168 Å². The first-order valence-corrected chi connectivity index (χ1v) is 9.77. The van der Waals surface area contributed by atoms with Crippen LogP contribution in [0.5, 0.6) is 5.75 Å². The zero-order valence-corrected chi connectivity index (χ0v) is 16.2. The number of anilines is 1. The van der Waals surface area contributed by atoms with E-state index < -0.39 is 5.97 Å². The minimum atomic E-state index is -0.532. The normalized spacial score (nSPS) is 24.2. The van der Waals surface area contributed by atoms with Crippen LogP contribution in [-0.4, -0.2) is 17.8 Å². The van der Waals surface area contributed by atoms with Gasteiger partial charge in [-0.15, -0.1) is 0 Å². The zero-order chi connectivity index (χ0) is 19.8. The van der Waals surface area contributed by atoms with Crippen LogP contribution in [0.3, 0.4) is 0 Å². The maximum atomic E-state index is 12.9. The summed E-state index contributed by atoms with van der Waals surface area (Å²) in [5.74, 6) is -0.576. The fourth-order valence-electron chi connectivity index (χ4n) is 4.08. The van der Waals surface area contributed by atoms with Crippen LogP contribution in [0.2, 0.25) is 5.02 Å². The molecular weight excluding hydrogens is 378 g/mol. The molecule has 2 aromatic rings. The van der Waals surface area contributed by atoms with Gasteiger partial charge in [-0.25, -0.2) is 9.69 Å². The quantitative estimate of drug-likeness (QED) is 0.435. The minimum Gasteiger partial charge on any atom is -0.423 e. The Kier molecular flexibility index (Phi) is 4.94. The third kappa shape index (κ3) is 3.42. The molecule has 2 aliphatic rings. The molecule has 1 saturated heterocycles. The van der Waals surface area contributed by atoms with E-state index in [-0.39, 0.29) is 29.4 Å². The Bertz CT molecular complexity index is 940. The van der Waals surface area contributed by atoms with Crippen molar-refractivity contribution in [3.63, 3.8) is 0 Å². The van der Waals surface area contributed by atoms with E-state index in [4.69, 9.17) is 16.3 Å². The number of benzene rings is 2. The van der Waals surface area contributed by atoms with Gasteiger partial charge in [0.1, 0.15) is 5.75 Å². The maximum absolute atomic E-state index is 12.9. The summed E-state index contributed by atoms with van der Waals surface area (Å²) < 4.78 is 5.42. The number of carbonyl (C=O) groups excluding carboxylic acids is 3. The predicted molar refractivity (Wildman–Crippen MR) is 105 cm³/mol. The zero-order valence-electron chi connectivity index (χ0n) is 15.4. The van der Waals surface area contributed by atoms with Crippen molar-refractivity contribution in [1.29, 1.82) is 0 Å². The van der Waals surface area contributed by atoms with E-state index >= 15 is 0 Å². The van der Waals surface area contributed by atoms with Crippen molar-refractivity contribution in [2.24, 2.45) is 17.8 Å². The number of carbonyl (C=O) groups is 3. The molecule has 0 bridgehead atoms. The van der Waals surface area contributed by atoms with Crippen molar-refractivity contribution in [3.05, 3.63) is 59.1 Å². The molecule has 1 saturated carbocycles. The molecule has 0 spiro atoms. The number of ether oxygens (including phenoxy) is 1. The lowest BCUT2D eigenvalue weighted by molar-refractivity contribution is -0.122. The predicted octanol–water partition coefficient (Wildman–Crippen LogP) is 4.48. The number of esters is 1. The summed E-state index contributed by atoms with van der Waals surface area (Å²) in [6.45, 7) is 2.12. The molecule has 1 aliphatic heterocycles. The van der Waals surface area contributed by atoms with E-state index in [1.165, 1.54) is 4.90 Å². The topological polar surface area (TPSA) is 63.7 Å². The molecule has 0 unspecified atom stereocenters. The molecule has 6 heteroatoms. The van der Waals surface area contributed by atoms with Gasteiger partial charge in [0.15, 0.2) is 0 Å². The highest BCUT2D eigenvalue weighted by Crippen LogP contribution is 2.42. The highest BCUT2D eigenvalue weighted by molar-refractivity contribution is 6.30. The van der Waals surface area contributed by atoms with Crippen LogP contribution in [-0.2, 0) is 9.59 Å². The first-order valence-electron chi connectivity index (χ1n) is 9.39. The second-order valence-electron chi connectivity index (χ2n) is 7.54. The number of imide groups is 1. The van der Waals surface area contributed by atoms with Crippen LogP contribution in [0, 0.1) is 17.8 Å². The van der Waals surface area contributed by atoms with Crippen molar-refractivity contribution in [2.75, 3.05) is 4.90 Å². The molecule has 3 atom stereocenters. The third-order valence-electron chi connectivity index (χ3n) is 5.55. The molecular formula is C22H20ClNO4. The summed E-state index contributed by atoms with van der Waals surface area (Å²) in [5, 5.41) is 0.528. The van der Waals surface area contributed by atoms with E-state index in [9.17, 15) is 14.4 Å². The molecule has 5 nitrogen and oxygen atoms in total. The molecule has 2 amide bonds. The van der Waals surface area contributed by atoms with E-state index in [0.717, 1.165) is 19.3 Å². The maximum Gasteiger partial charge on any atom is 0.343 e. The summed E-state index contributed by atoms with van der Waals surface area (Å²) >= 11 is 5.84. The first-order chi connectivity index (χ1) is 13.4. The molecule has 144 valence electrons. The second-order valence-corrected chi connectivity index (χ2v) is 7.97. The van der Waals surface area contributed by atoms with Gasteiger partial charge in [0.2, 0.25) is 11.8 Å². The number of hydrogen-bond acceptors (Lipinski definition) is 4. The fourth-order valence-corrected chi connectivity index (χ4v) is 4.21. The van der Waals surface area contributed by atoms with Crippen LogP contribution >= 0.6 is 11.6 Å². The van der Waals surface area contributed by atoms with Gasteiger partial charge in [-0.3, -0.25) is 9.59 Å². The number of halogens is 1. The van der Waals surface area contributed by atoms with Crippen molar-refractivity contribution in [3.8, 4) is 5.75 Å². The lowest BCUT2D eigenvalue weighted by Gasteiger charge is -2.25. The first kappa shape index (κ1) is 18.7. The average molecular weight is 398 g/mol. The van der Waals surface area contributed by atoms with E-state index in [2.05, 4.69) is 6.92 Å². The summed E-state index contributed by atoms with van der Waals surface area (Å²) in [6.07, 6.45) is 2.46. The highest BCUT2D eigenvalue weighted by atomic mass is 35.5. The van der Waals surface area contributed by atoms with Crippen LogP contribution < -0.4 is 9.64 Å². The van der Waals surface area contributed by atoms with Crippen molar-refractivity contribution in [2.45, 2.75) is 26.2 Å². The van der Waals surface area contributed by atoms with Gasteiger partial charge >= 0.3 is 5.97 Å². The van der Waals surface area contributed by atoms with Gasteiger partial charge in [0.25, 0.3) is 0 Å². The summed E-state index contributed by atoms with van der Waals surface area (Å²) in [6, 6.07) is 12.9. The number of hydrogen-bond donors (Lipinski definition) is 0. The molecule has 4 rings (SSSR count). The van der Waals surface area contributed by atoms with Crippen LogP contribution in [0.4, 0.5) is 5.69 Å². The Balaban J connectivity index is 1.55. The van der Waals surface area contributed by atoms with Crippen molar-refractivity contribution in [1.82, 2.24) is 0 Å². The van der Waals surface area contributed by atoms with Gasteiger partial charge in [0, 0.05) is 11.1 Å². The van der Waals surface area contributed by atoms with Crippen molar-refractivity contribution >= 4 is 35.1 Å². The average Bonchev–Trinajstić information content (AvgIpc) is 2.92. The Morgan fingerprint density at radius 2 is 1.75 bits per heavy atom. The molecule has 1 aliphatic carbocycles. The lowest BCUT2D eigenvalue weighted by atomic mass is 9.76. The molecule has 2 fully saturated rings. The Morgan fingerprint density at radius 1 is 1.04 bits per heavy atom. The fraction of sp³-hybridized carbons (Fsp3) is 0.318. The minimum absolute atomic E-state index is 0.150. The molecule has 2 aromatic carbocycles. The standard InChI is InChI=1S/C22H20ClNO4/c1-13-5-10-18-19(11-13)21(26)24(20(18)25)16-3-2-4-17(12-16)28-22(27)14-6-8-15(23)9-7-14/h2-4,6-9,12-13,18-19H,5,10-11H2,1H3/t13-,18-,19+/m0/s1. The highest BCUT2D eigenvalue weighted by Gasteiger charge is 2.50. The summed E-state index contributed by atoms with van der Waals surface area (Å²) in [5.41, 5.74) is 0.807. The molecule has 0 aromatic heterocycles. The Hall–Kier alpha value is -2.66. The van der Waals surface area contributed by atoms with Crippen LogP contribution in [0.15, 0.2) is 48.5 Å². The summed E-state index contributed by atoms with van der Waals surface area (Å²) in [7, 11) is 0.